The van der Waals surface area contributed by atoms with Crippen molar-refractivity contribution >= 4 is 23.5 Å². The van der Waals surface area contributed by atoms with Gasteiger partial charge in [0.1, 0.15) is 0 Å². The number of nitro groups is 1. The van der Waals surface area contributed by atoms with Crippen LogP contribution in [0.3, 0.4) is 0 Å². The quantitative estimate of drug-likeness (QED) is 0.536. The van der Waals surface area contributed by atoms with Gasteiger partial charge in [-0.2, -0.15) is 0 Å². The van der Waals surface area contributed by atoms with Crippen molar-refractivity contribution in [3.05, 3.63) is 34.4 Å². The number of nitrogens with one attached hydrogen (secondary N) is 3. The zero-order valence-electron chi connectivity index (χ0n) is 9.30. The van der Waals surface area contributed by atoms with Gasteiger partial charge in [-0.15, -0.1) is 0 Å². The first-order chi connectivity index (χ1) is 8.52. The van der Waals surface area contributed by atoms with Crippen LogP contribution in [0.5, 0.6) is 0 Å². The van der Waals surface area contributed by atoms with Crippen molar-refractivity contribution in [1.82, 2.24) is 10.9 Å². The number of methoxy groups -OCH3 is 1. The minimum atomic E-state index is -0.843. The third-order valence-corrected chi connectivity index (χ3v) is 1.78. The van der Waals surface area contributed by atoms with Crippen LogP contribution < -0.4 is 16.2 Å². The molecule has 0 saturated carbocycles. The Morgan fingerprint density at radius 2 is 2.06 bits per heavy atom. The number of ether oxygens (including phenoxy) is 1. The second kappa shape index (κ2) is 6.03. The van der Waals surface area contributed by atoms with E-state index in [1.807, 2.05) is 10.9 Å². The summed E-state index contributed by atoms with van der Waals surface area (Å²) in [6.07, 6.45) is -0.843. The summed E-state index contributed by atoms with van der Waals surface area (Å²) in [4.78, 5) is 31.8. The molecule has 1 aromatic carbocycles. The highest BCUT2D eigenvalue weighted by molar-refractivity contribution is 5.90. The number of anilines is 1. The van der Waals surface area contributed by atoms with E-state index in [0.29, 0.717) is 0 Å². The zero-order valence-corrected chi connectivity index (χ0v) is 9.30. The molecule has 0 heterocycles. The van der Waals surface area contributed by atoms with Crippen molar-refractivity contribution < 1.29 is 19.2 Å². The summed E-state index contributed by atoms with van der Waals surface area (Å²) in [6, 6.07) is 4.58. The Labute approximate surface area is 101 Å². The first-order valence-corrected chi connectivity index (χ1v) is 4.68. The highest BCUT2D eigenvalue weighted by Crippen LogP contribution is 2.16. The van der Waals surface area contributed by atoms with E-state index in [4.69, 9.17) is 0 Å². The molecular formula is C9H10N4O5. The SMILES string of the molecule is COC(=O)NNC(=O)Nc1cccc([N+](=O)[O-])c1. The number of rotatable bonds is 2. The molecule has 0 bridgehead atoms. The predicted molar refractivity (Wildman–Crippen MR) is 60.8 cm³/mol. The summed E-state index contributed by atoms with van der Waals surface area (Å²) in [6.45, 7) is 0. The fraction of sp³-hybridized carbons (Fsp3) is 0.111. The number of non-ortho nitro benzene ring substituents is 1. The van der Waals surface area contributed by atoms with Crippen molar-refractivity contribution in [1.29, 1.82) is 0 Å². The molecule has 0 aliphatic heterocycles. The van der Waals surface area contributed by atoms with Gasteiger partial charge in [0.15, 0.2) is 0 Å². The summed E-state index contributed by atoms with van der Waals surface area (Å²) in [5, 5.41) is 12.8. The maximum absolute atomic E-state index is 11.3. The van der Waals surface area contributed by atoms with E-state index in [9.17, 15) is 19.7 Å². The van der Waals surface area contributed by atoms with Crippen LogP contribution in [0.1, 0.15) is 0 Å². The molecule has 18 heavy (non-hydrogen) atoms. The highest BCUT2D eigenvalue weighted by Gasteiger charge is 2.08. The van der Waals surface area contributed by atoms with E-state index in [1.165, 1.54) is 24.3 Å². The molecule has 1 aromatic rings. The molecule has 9 nitrogen and oxygen atoms in total. The van der Waals surface area contributed by atoms with Gasteiger partial charge >= 0.3 is 12.1 Å². The molecule has 0 spiro atoms. The van der Waals surface area contributed by atoms with Crippen molar-refractivity contribution in [2.24, 2.45) is 0 Å². The monoisotopic (exact) mass is 254 g/mol. The normalized spacial score (nSPS) is 9.17. The van der Waals surface area contributed by atoms with Crippen molar-refractivity contribution in [2.45, 2.75) is 0 Å². The van der Waals surface area contributed by atoms with E-state index in [1.54, 1.807) is 0 Å². The van der Waals surface area contributed by atoms with E-state index in [0.717, 1.165) is 7.11 Å². The number of nitro benzene ring substituents is 1. The summed E-state index contributed by atoms with van der Waals surface area (Å²) in [5.74, 6) is 0. The smallest absolute Gasteiger partial charge is 0.425 e. The number of hydrazine groups is 1. The number of nitrogens with zero attached hydrogens (tertiary/aromatic N) is 1. The van der Waals surface area contributed by atoms with Crippen LogP contribution in [0.4, 0.5) is 21.0 Å². The van der Waals surface area contributed by atoms with Crippen molar-refractivity contribution in [3.63, 3.8) is 0 Å². The van der Waals surface area contributed by atoms with E-state index in [-0.39, 0.29) is 11.4 Å². The Morgan fingerprint density at radius 1 is 1.33 bits per heavy atom. The molecule has 0 unspecified atom stereocenters. The van der Waals surface area contributed by atoms with Crippen LogP contribution in [-0.4, -0.2) is 24.2 Å². The van der Waals surface area contributed by atoms with Crippen molar-refractivity contribution in [3.8, 4) is 0 Å². The molecule has 9 heteroatoms. The first-order valence-electron chi connectivity index (χ1n) is 4.68. The van der Waals surface area contributed by atoms with Crippen LogP contribution in [0.2, 0.25) is 0 Å². The van der Waals surface area contributed by atoms with Gasteiger partial charge in [0.2, 0.25) is 0 Å². The van der Waals surface area contributed by atoms with E-state index in [2.05, 4.69) is 10.1 Å². The maximum Gasteiger partial charge on any atom is 0.425 e. The fourth-order valence-electron chi connectivity index (χ4n) is 1.02. The van der Waals surface area contributed by atoms with E-state index < -0.39 is 17.0 Å². The average Bonchev–Trinajstić information content (AvgIpc) is 2.36. The highest BCUT2D eigenvalue weighted by atomic mass is 16.6. The third kappa shape index (κ3) is 3.96. The Balaban J connectivity index is 2.56. The summed E-state index contributed by atoms with van der Waals surface area (Å²) >= 11 is 0. The van der Waals surface area contributed by atoms with E-state index >= 15 is 0 Å². The average molecular weight is 254 g/mol. The molecular weight excluding hydrogens is 244 g/mol. The Bertz CT molecular complexity index is 476. The van der Waals surface area contributed by atoms with Gasteiger partial charge in [0.05, 0.1) is 12.0 Å². The van der Waals surface area contributed by atoms with Gasteiger partial charge in [-0.25, -0.2) is 20.4 Å². The van der Waals surface area contributed by atoms with Gasteiger partial charge in [-0.1, -0.05) is 6.07 Å². The minimum absolute atomic E-state index is 0.159. The molecule has 1 rings (SSSR count). The molecule has 0 aliphatic carbocycles. The van der Waals surface area contributed by atoms with Gasteiger partial charge in [0, 0.05) is 17.8 Å². The molecule has 0 aliphatic rings. The molecule has 0 aromatic heterocycles. The maximum atomic E-state index is 11.3. The molecule has 0 fully saturated rings. The van der Waals surface area contributed by atoms with Crippen LogP contribution in [0.25, 0.3) is 0 Å². The lowest BCUT2D eigenvalue weighted by Gasteiger charge is -2.07. The predicted octanol–water partition coefficient (Wildman–Crippen LogP) is 0.987. The molecule has 0 saturated heterocycles. The number of hydrogen-bond acceptors (Lipinski definition) is 5. The fourth-order valence-corrected chi connectivity index (χ4v) is 1.02. The van der Waals surface area contributed by atoms with Crippen molar-refractivity contribution in [2.75, 3.05) is 12.4 Å². The van der Waals surface area contributed by atoms with Gasteiger partial charge in [0.25, 0.3) is 5.69 Å². The van der Waals surface area contributed by atoms with Crippen LogP contribution in [0.15, 0.2) is 24.3 Å². The lowest BCUT2D eigenvalue weighted by Crippen LogP contribution is -2.43. The largest absolute Gasteiger partial charge is 0.452 e. The number of urea groups is 1. The Morgan fingerprint density at radius 3 is 2.67 bits per heavy atom. The minimum Gasteiger partial charge on any atom is -0.452 e. The topological polar surface area (TPSA) is 123 Å². The summed E-state index contributed by atoms with van der Waals surface area (Å²) in [5.41, 5.74) is 3.98. The van der Waals surface area contributed by atoms with Crippen LogP contribution in [0, 0.1) is 10.1 Å². The Kier molecular flexibility index (Phi) is 4.43. The second-order valence-electron chi connectivity index (χ2n) is 3.00. The lowest BCUT2D eigenvalue weighted by molar-refractivity contribution is -0.384. The van der Waals surface area contributed by atoms with Gasteiger partial charge in [-0.3, -0.25) is 10.1 Å². The number of amides is 3. The molecule has 96 valence electrons. The molecule has 3 N–H and O–H groups in total. The van der Waals surface area contributed by atoms with Gasteiger partial charge in [-0.05, 0) is 6.07 Å². The second-order valence-corrected chi connectivity index (χ2v) is 3.00. The number of hydrogen-bond donors (Lipinski definition) is 3. The van der Waals surface area contributed by atoms with Crippen LogP contribution >= 0.6 is 0 Å². The third-order valence-electron chi connectivity index (χ3n) is 1.78. The first kappa shape index (κ1) is 13.2. The Hall–Kier alpha value is -2.84. The van der Waals surface area contributed by atoms with Gasteiger partial charge < -0.3 is 10.1 Å². The van der Waals surface area contributed by atoms with Crippen LogP contribution in [-0.2, 0) is 4.74 Å². The summed E-state index contributed by atoms with van der Waals surface area (Å²) < 4.78 is 4.22. The number of carbonyl (C=O) groups excluding carboxylic acids is 2. The molecule has 0 radical (unpaired) electrons. The summed E-state index contributed by atoms with van der Waals surface area (Å²) in [7, 11) is 1.13. The zero-order chi connectivity index (χ0) is 13.5. The molecule has 3 amide bonds. The number of benzene rings is 1. The standard InChI is InChI=1S/C9H10N4O5/c1-18-9(15)12-11-8(14)10-6-3-2-4-7(5-6)13(16)17/h2-5H,1H3,(H,12,15)(H2,10,11,14). The lowest BCUT2D eigenvalue weighted by atomic mass is 10.3. The number of carbonyl (C=O) groups is 2. The molecule has 0 atom stereocenters.